The molecular weight excluding hydrogens is 250 g/mol. The molecule has 2 aromatic heterocycles. The van der Waals surface area contributed by atoms with Gasteiger partial charge in [0.25, 0.3) is 0 Å². The second kappa shape index (κ2) is 4.77. The highest BCUT2D eigenvalue weighted by Gasteiger charge is 2.06. The van der Waals surface area contributed by atoms with Gasteiger partial charge in [0, 0.05) is 6.20 Å². The van der Waals surface area contributed by atoms with Crippen LogP contribution in [0.1, 0.15) is 16.7 Å². The average Bonchev–Trinajstić information content (AvgIpc) is 2.42. The fourth-order valence-electron chi connectivity index (χ4n) is 2.13. The Hall–Kier alpha value is -2.69. The van der Waals surface area contributed by atoms with Crippen molar-refractivity contribution in [3.63, 3.8) is 0 Å². The highest BCUT2D eigenvalue weighted by Crippen LogP contribution is 2.19. The standard InChI is InChI=1S/C15H15N5/c1-9-2-4-10(5-3-9)6-11-7-12-13(16)19-15(17)20-14(12)18-8-11/h2-5,7-8H,6H2,1H3,(H4,16,17,18,19,20). The van der Waals surface area contributed by atoms with Crippen LogP contribution in [-0.4, -0.2) is 15.0 Å². The van der Waals surface area contributed by atoms with Gasteiger partial charge in [0.2, 0.25) is 5.95 Å². The van der Waals surface area contributed by atoms with Gasteiger partial charge < -0.3 is 11.5 Å². The van der Waals surface area contributed by atoms with Crippen LogP contribution in [0.15, 0.2) is 36.5 Å². The van der Waals surface area contributed by atoms with Crippen molar-refractivity contribution in [1.82, 2.24) is 15.0 Å². The first-order valence-electron chi connectivity index (χ1n) is 6.35. The maximum Gasteiger partial charge on any atom is 0.224 e. The van der Waals surface area contributed by atoms with Gasteiger partial charge in [-0.05, 0) is 30.5 Å². The number of rotatable bonds is 2. The van der Waals surface area contributed by atoms with Crippen molar-refractivity contribution in [3.05, 3.63) is 53.2 Å². The zero-order valence-corrected chi connectivity index (χ0v) is 11.2. The van der Waals surface area contributed by atoms with E-state index < -0.39 is 0 Å². The molecule has 4 N–H and O–H groups in total. The molecule has 0 amide bonds. The van der Waals surface area contributed by atoms with Gasteiger partial charge in [-0.2, -0.15) is 9.97 Å². The zero-order valence-electron chi connectivity index (χ0n) is 11.2. The third-order valence-corrected chi connectivity index (χ3v) is 3.18. The maximum atomic E-state index is 5.87. The summed E-state index contributed by atoms with van der Waals surface area (Å²) in [6, 6.07) is 10.4. The van der Waals surface area contributed by atoms with Gasteiger partial charge >= 0.3 is 0 Å². The van der Waals surface area contributed by atoms with E-state index in [1.807, 2.05) is 6.07 Å². The predicted octanol–water partition coefficient (Wildman–Crippen LogP) is 2.09. The van der Waals surface area contributed by atoms with Gasteiger partial charge in [0.05, 0.1) is 5.39 Å². The number of hydrogen-bond donors (Lipinski definition) is 2. The number of fused-ring (bicyclic) bond motifs is 1. The van der Waals surface area contributed by atoms with Crippen LogP contribution < -0.4 is 11.5 Å². The molecule has 3 rings (SSSR count). The Kier molecular flexibility index (Phi) is 2.95. The quantitative estimate of drug-likeness (QED) is 0.740. The first kappa shape index (κ1) is 12.3. The molecule has 0 spiro atoms. The summed E-state index contributed by atoms with van der Waals surface area (Å²) in [5.41, 5.74) is 15.5. The van der Waals surface area contributed by atoms with Gasteiger partial charge in [0.1, 0.15) is 5.82 Å². The van der Waals surface area contributed by atoms with Crippen molar-refractivity contribution in [2.24, 2.45) is 0 Å². The second-order valence-corrected chi connectivity index (χ2v) is 4.84. The maximum absolute atomic E-state index is 5.87. The highest BCUT2D eigenvalue weighted by atomic mass is 15.1. The summed E-state index contributed by atoms with van der Waals surface area (Å²) in [5.74, 6) is 0.513. The summed E-state index contributed by atoms with van der Waals surface area (Å²) in [6.07, 6.45) is 2.60. The van der Waals surface area contributed by atoms with E-state index >= 15 is 0 Å². The van der Waals surface area contributed by atoms with Gasteiger partial charge in [0.15, 0.2) is 5.65 Å². The van der Waals surface area contributed by atoms with E-state index in [1.54, 1.807) is 6.20 Å². The molecule has 0 saturated heterocycles. The number of pyridine rings is 1. The zero-order chi connectivity index (χ0) is 14.1. The summed E-state index contributed by atoms with van der Waals surface area (Å²) in [6.45, 7) is 2.07. The molecule has 100 valence electrons. The van der Waals surface area contributed by atoms with Gasteiger partial charge in [-0.1, -0.05) is 29.8 Å². The van der Waals surface area contributed by atoms with Crippen molar-refractivity contribution >= 4 is 22.8 Å². The first-order valence-corrected chi connectivity index (χ1v) is 6.35. The lowest BCUT2D eigenvalue weighted by atomic mass is 10.0. The molecule has 3 aromatic rings. The van der Waals surface area contributed by atoms with E-state index in [9.17, 15) is 0 Å². The number of nitrogens with zero attached hydrogens (tertiary/aromatic N) is 3. The smallest absolute Gasteiger partial charge is 0.224 e. The summed E-state index contributed by atoms with van der Waals surface area (Å²) < 4.78 is 0. The molecule has 0 aliphatic heterocycles. The van der Waals surface area contributed by atoms with Crippen molar-refractivity contribution in [1.29, 1.82) is 0 Å². The molecule has 5 heteroatoms. The van der Waals surface area contributed by atoms with Crippen LogP contribution in [0.2, 0.25) is 0 Å². The molecule has 0 atom stereocenters. The number of aromatic nitrogens is 3. The Balaban J connectivity index is 1.98. The molecule has 5 nitrogen and oxygen atoms in total. The van der Waals surface area contributed by atoms with E-state index in [2.05, 4.69) is 46.1 Å². The summed E-state index contributed by atoms with van der Waals surface area (Å²) in [4.78, 5) is 12.3. The van der Waals surface area contributed by atoms with Gasteiger partial charge in [-0.15, -0.1) is 0 Å². The van der Waals surface area contributed by atoms with E-state index in [-0.39, 0.29) is 5.95 Å². The Morgan fingerprint density at radius 3 is 2.50 bits per heavy atom. The Labute approximate surface area is 116 Å². The van der Waals surface area contributed by atoms with Crippen molar-refractivity contribution in [2.45, 2.75) is 13.3 Å². The van der Waals surface area contributed by atoms with Crippen molar-refractivity contribution in [2.75, 3.05) is 11.5 Å². The number of nitrogens with two attached hydrogens (primary N) is 2. The molecule has 0 saturated carbocycles. The van der Waals surface area contributed by atoms with E-state index in [1.165, 1.54) is 11.1 Å². The topological polar surface area (TPSA) is 90.7 Å². The van der Waals surface area contributed by atoms with Gasteiger partial charge in [-0.3, -0.25) is 0 Å². The van der Waals surface area contributed by atoms with E-state index in [0.717, 1.165) is 17.4 Å². The van der Waals surface area contributed by atoms with E-state index in [4.69, 9.17) is 11.5 Å². The molecule has 0 aliphatic rings. The Morgan fingerprint density at radius 2 is 1.75 bits per heavy atom. The molecule has 20 heavy (non-hydrogen) atoms. The Bertz CT molecular complexity index is 765. The van der Waals surface area contributed by atoms with Crippen LogP contribution in [0.5, 0.6) is 0 Å². The minimum atomic E-state index is 0.147. The molecule has 0 unspecified atom stereocenters. The van der Waals surface area contributed by atoms with Crippen LogP contribution in [0, 0.1) is 6.92 Å². The van der Waals surface area contributed by atoms with Crippen LogP contribution in [0.4, 0.5) is 11.8 Å². The summed E-state index contributed by atoms with van der Waals surface area (Å²) >= 11 is 0. The molecule has 0 aliphatic carbocycles. The minimum absolute atomic E-state index is 0.147. The van der Waals surface area contributed by atoms with Crippen molar-refractivity contribution < 1.29 is 0 Å². The molecule has 1 aromatic carbocycles. The Morgan fingerprint density at radius 1 is 1.00 bits per heavy atom. The van der Waals surface area contributed by atoms with E-state index in [0.29, 0.717) is 11.5 Å². The lowest BCUT2D eigenvalue weighted by Gasteiger charge is -2.06. The van der Waals surface area contributed by atoms with Crippen LogP contribution in [0.25, 0.3) is 11.0 Å². The molecule has 0 fully saturated rings. The largest absolute Gasteiger partial charge is 0.383 e. The number of hydrogen-bond acceptors (Lipinski definition) is 5. The average molecular weight is 265 g/mol. The summed E-state index contributed by atoms with van der Waals surface area (Å²) in [5, 5.41) is 0.740. The lowest BCUT2D eigenvalue weighted by molar-refractivity contribution is 1.14. The lowest BCUT2D eigenvalue weighted by Crippen LogP contribution is -2.02. The number of aryl methyl sites for hydroxylation is 1. The van der Waals surface area contributed by atoms with Gasteiger partial charge in [-0.25, -0.2) is 4.98 Å². The van der Waals surface area contributed by atoms with Crippen LogP contribution in [-0.2, 0) is 6.42 Å². The molecule has 2 heterocycles. The third kappa shape index (κ3) is 2.38. The number of nitrogen functional groups attached to an aromatic ring is 2. The minimum Gasteiger partial charge on any atom is -0.383 e. The van der Waals surface area contributed by atoms with Crippen molar-refractivity contribution in [3.8, 4) is 0 Å². The fraction of sp³-hybridized carbons (Fsp3) is 0.133. The number of anilines is 2. The fourth-order valence-corrected chi connectivity index (χ4v) is 2.13. The predicted molar refractivity (Wildman–Crippen MR) is 80.1 cm³/mol. The summed E-state index contributed by atoms with van der Waals surface area (Å²) in [7, 11) is 0. The normalized spacial score (nSPS) is 10.8. The van der Waals surface area contributed by atoms with Crippen LogP contribution in [0.3, 0.4) is 0 Å². The molecule has 0 radical (unpaired) electrons. The monoisotopic (exact) mass is 265 g/mol. The SMILES string of the molecule is Cc1ccc(Cc2cnc3nc(N)nc(N)c3c2)cc1. The molecule has 0 bridgehead atoms. The first-order chi connectivity index (χ1) is 9.61. The number of benzene rings is 1. The molecular formula is C15H15N5. The second-order valence-electron chi connectivity index (χ2n) is 4.84. The van der Waals surface area contributed by atoms with Crippen LogP contribution >= 0.6 is 0 Å². The third-order valence-electron chi connectivity index (χ3n) is 3.18. The highest BCUT2D eigenvalue weighted by molar-refractivity contribution is 5.86.